The van der Waals surface area contributed by atoms with Crippen LogP contribution in [0.5, 0.6) is 0 Å². The summed E-state index contributed by atoms with van der Waals surface area (Å²) in [6.07, 6.45) is 1.44. The molecule has 6 heteroatoms. The summed E-state index contributed by atoms with van der Waals surface area (Å²) < 4.78 is 13.2. The van der Waals surface area contributed by atoms with Crippen molar-refractivity contribution in [2.45, 2.75) is 12.8 Å². The van der Waals surface area contributed by atoms with Gasteiger partial charge in [0.15, 0.2) is 5.82 Å². The molecular formula is C12H13Cl2FN2O. The molecular weight excluding hydrogens is 278 g/mol. The van der Waals surface area contributed by atoms with Crippen molar-refractivity contribution in [3.8, 4) is 0 Å². The van der Waals surface area contributed by atoms with Crippen molar-refractivity contribution >= 4 is 34.8 Å². The molecule has 1 saturated heterocycles. The average molecular weight is 291 g/mol. The summed E-state index contributed by atoms with van der Waals surface area (Å²) in [4.78, 5) is 11.8. The second-order valence-corrected chi connectivity index (χ2v) is 5.18. The molecule has 1 amide bonds. The van der Waals surface area contributed by atoms with Gasteiger partial charge in [0.1, 0.15) is 0 Å². The zero-order chi connectivity index (χ0) is 13.1. The number of anilines is 1. The van der Waals surface area contributed by atoms with Crippen molar-refractivity contribution < 1.29 is 9.18 Å². The minimum atomic E-state index is -0.670. The lowest BCUT2D eigenvalue weighted by Gasteiger charge is -2.10. The standard InChI is InChI=1S/C12H13Cl2FN2O/c13-9-4-8(5-10(14)12(9)15)17-11(18)3-7-1-2-16-6-7/h4-5,7,16H,1-3,6H2,(H,17,18). The van der Waals surface area contributed by atoms with E-state index < -0.39 is 5.82 Å². The van der Waals surface area contributed by atoms with E-state index in [1.165, 1.54) is 12.1 Å². The quantitative estimate of drug-likeness (QED) is 0.840. The third kappa shape index (κ3) is 3.34. The maximum absolute atomic E-state index is 13.2. The van der Waals surface area contributed by atoms with Crippen LogP contribution < -0.4 is 10.6 Å². The summed E-state index contributed by atoms with van der Waals surface area (Å²) >= 11 is 11.3. The van der Waals surface area contributed by atoms with Gasteiger partial charge in [-0.1, -0.05) is 23.2 Å². The molecule has 18 heavy (non-hydrogen) atoms. The monoisotopic (exact) mass is 290 g/mol. The van der Waals surface area contributed by atoms with Gasteiger partial charge in [-0.05, 0) is 37.6 Å². The molecule has 0 aliphatic carbocycles. The molecule has 2 rings (SSSR count). The van der Waals surface area contributed by atoms with Crippen LogP contribution >= 0.6 is 23.2 Å². The van der Waals surface area contributed by atoms with Crippen LogP contribution in [0.25, 0.3) is 0 Å². The maximum atomic E-state index is 13.2. The van der Waals surface area contributed by atoms with Crippen molar-refractivity contribution in [2.24, 2.45) is 5.92 Å². The minimum Gasteiger partial charge on any atom is -0.326 e. The summed E-state index contributed by atoms with van der Waals surface area (Å²) in [7, 11) is 0. The van der Waals surface area contributed by atoms with Gasteiger partial charge in [-0.15, -0.1) is 0 Å². The van der Waals surface area contributed by atoms with Crippen molar-refractivity contribution in [1.29, 1.82) is 0 Å². The number of halogens is 3. The number of hydrogen-bond acceptors (Lipinski definition) is 2. The first kappa shape index (κ1) is 13.6. The van der Waals surface area contributed by atoms with Gasteiger partial charge in [0.2, 0.25) is 5.91 Å². The molecule has 0 radical (unpaired) electrons. The van der Waals surface area contributed by atoms with Gasteiger partial charge in [0.25, 0.3) is 0 Å². The molecule has 2 N–H and O–H groups in total. The molecule has 1 fully saturated rings. The number of rotatable bonds is 3. The molecule has 0 saturated carbocycles. The van der Waals surface area contributed by atoms with Crippen LogP contribution in [-0.2, 0) is 4.79 Å². The number of benzene rings is 1. The summed E-state index contributed by atoms with van der Waals surface area (Å²) in [5.74, 6) is -0.421. The van der Waals surface area contributed by atoms with E-state index in [1.54, 1.807) is 0 Å². The summed E-state index contributed by atoms with van der Waals surface area (Å²) in [5, 5.41) is 5.68. The first-order valence-electron chi connectivity index (χ1n) is 5.71. The topological polar surface area (TPSA) is 41.1 Å². The lowest BCUT2D eigenvalue weighted by Crippen LogP contribution is -2.18. The Morgan fingerprint density at radius 1 is 1.44 bits per heavy atom. The van der Waals surface area contributed by atoms with Crippen LogP contribution in [0.4, 0.5) is 10.1 Å². The van der Waals surface area contributed by atoms with Gasteiger partial charge in [-0.3, -0.25) is 4.79 Å². The molecule has 1 aromatic carbocycles. The predicted molar refractivity (Wildman–Crippen MR) is 70.6 cm³/mol. The van der Waals surface area contributed by atoms with Gasteiger partial charge in [-0.25, -0.2) is 4.39 Å². The van der Waals surface area contributed by atoms with E-state index in [4.69, 9.17) is 23.2 Å². The molecule has 1 aliphatic rings. The number of amides is 1. The van der Waals surface area contributed by atoms with Crippen LogP contribution in [0.15, 0.2) is 12.1 Å². The highest BCUT2D eigenvalue weighted by molar-refractivity contribution is 6.35. The van der Waals surface area contributed by atoms with Crippen molar-refractivity contribution in [3.05, 3.63) is 28.0 Å². The van der Waals surface area contributed by atoms with Crippen LogP contribution in [0.2, 0.25) is 10.0 Å². The van der Waals surface area contributed by atoms with Crippen molar-refractivity contribution in [2.75, 3.05) is 18.4 Å². The van der Waals surface area contributed by atoms with Crippen LogP contribution in [-0.4, -0.2) is 19.0 Å². The summed E-state index contributed by atoms with van der Waals surface area (Å²) in [6, 6.07) is 2.71. The summed E-state index contributed by atoms with van der Waals surface area (Å²) in [5.41, 5.74) is 0.419. The van der Waals surface area contributed by atoms with E-state index in [-0.39, 0.29) is 16.0 Å². The lowest BCUT2D eigenvalue weighted by molar-refractivity contribution is -0.116. The fourth-order valence-electron chi connectivity index (χ4n) is 1.99. The Hall–Kier alpha value is -0.840. The second kappa shape index (κ2) is 5.87. The van der Waals surface area contributed by atoms with Crippen LogP contribution in [0.3, 0.4) is 0 Å². The van der Waals surface area contributed by atoms with E-state index in [2.05, 4.69) is 10.6 Å². The first-order valence-corrected chi connectivity index (χ1v) is 6.47. The van der Waals surface area contributed by atoms with E-state index in [0.29, 0.717) is 18.0 Å². The van der Waals surface area contributed by atoms with E-state index in [1.807, 2.05) is 0 Å². The average Bonchev–Trinajstić information content (AvgIpc) is 2.78. The zero-order valence-electron chi connectivity index (χ0n) is 9.60. The SMILES string of the molecule is O=C(CC1CCNC1)Nc1cc(Cl)c(F)c(Cl)c1. The van der Waals surface area contributed by atoms with Crippen molar-refractivity contribution in [1.82, 2.24) is 5.32 Å². The number of carbonyl (C=O) groups excluding carboxylic acids is 1. The van der Waals surface area contributed by atoms with Gasteiger partial charge >= 0.3 is 0 Å². The molecule has 0 aromatic heterocycles. The Bertz CT molecular complexity index is 438. The molecule has 1 unspecified atom stereocenters. The van der Waals surface area contributed by atoms with Gasteiger partial charge in [0, 0.05) is 12.1 Å². The molecule has 1 aromatic rings. The Kier molecular flexibility index (Phi) is 4.43. The zero-order valence-corrected chi connectivity index (χ0v) is 11.1. The normalized spacial score (nSPS) is 18.9. The maximum Gasteiger partial charge on any atom is 0.224 e. The smallest absolute Gasteiger partial charge is 0.224 e. The van der Waals surface area contributed by atoms with Crippen LogP contribution in [0.1, 0.15) is 12.8 Å². The highest BCUT2D eigenvalue weighted by Crippen LogP contribution is 2.27. The molecule has 0 bridgehead atoms. The first-order chi connectivity index (χ1) is 8.56. The third-order valence-corrected chi connectivity index (χ3v) is 3.45. The van der Waals surface area contributed by atoms with Gasteiger partial charge < -0.3 is 10.6 Å². The molecule has 3 nitrogen and oxygen atoms in total. The molecule has 98 valence electrons. The van der Waals surface area contributed by atoms with Crippen LogP contribution in [0, 0.1) is 11.7 Å². The fourth-order valence-corrected chi connectivity index (χ4v) is 2.48. The van der Waals surface area contributed by atoms with Crippen molar-refractivity contribution in [3.63, 3.8) is 0 Å². The third-order valence-electron chi connectivity index (χ3n) is 2.90. The lowest BCUT2D eigenvalue weighted by atomic mass is 10.0. The molecule has 1 heterocycles. The fraction of sp³-hybridized carbons (Fsp3) is 0.417. The number of nitrogens with one attached hydrogen (secondary N) is 2. The van der Waals surface area contributed by atoms with Gasteiger partial charge in [0.05, 0.1) is 10.0 Å². The van der Waals surface area contributed by atoms with E-state index >= 15 is 0 Å². The van der Waals surface area contributed by atoms with Gasteiger partial charge in [-0.2, -0.15) is 0 Å². The Morgan fingerprint density at radius 2 is 2.11 bits per heavy atom. The second-order valence-electron chi connectivity index (χ2n) is 4.36. The molecule has 0 spiro atoms. The highest BCUT2D eigenvalue weighted by atomic mass is 35.5. The number of carbonyl (C=O) groups is 1. The Morgan fingerprint density at radius 3 is 2.67 bits per heavy atom. The summed E-state index contributed by atoms with van der Waals surface area (Å²) in [6.45, 7) is 1.81. The molecule has 1 aliphatic heterocycles. The highest BCUT2D eigenvalue weighted by Gasteiger charge is 2.18. The predicted octanol–water partition coefficient (Wildman–Crippen LogP) is 3.07. The largest absolute Gasteiger partial charge is 0.326 e. The van der Waals surface area contributed by atoms with E-state index in [9.17, 15) is 9.18 Å². The Balaban J connectivity index is 1.98. The minimum absolute atomic E-state index is 0.0969. The Labute approximate surface area is 115 Å². The number of hydrogen-bond donors (Lipinski definition) is 2. The van der Waals surface area contributed by atoms with E-state index in [0.717, 1.165) is 19.5 Å². The molecule has 1 atom stereocenters.